The Kier molecular flexibility index (Phi) is 5.91. The summed E-state index contributed by atoms with van der Waals surface area (Å²) in [6, 6.07) is 14.1. The maximum Gasteiger partial charge on any atom is 0.337 e. The molecule has 2 aromatic carbocycles. The minimum absolute atomic E-state index is 0.0703. The van der Waals surface area contributed by atoms with Crippen LogP contribution in [0.2, 0.25) is 0 Å². The summed E-state index contributed by atoms with van der Waals surface area (Å²) in [4.78, 5) is 26.6. The van der Waals surface area contributed by atoms with Crippen molar-refractivity contribution in [2.75, 3.05) is 19.0 Å². The molecule has 1 saturated carbocycles. The number of benzene rings is 2. The summed E-state index contributed by atoms with van der Waals surface area (Å²) in [7, 11) is 1.35. The summed E-state index contributed by atoms with van der Waals surface area (Å²) in [5, 5.41) is 2.95. The van der Waals surface area contributed by atoms with Crippen molar-refractivity contribution in [1.29, 1.82) is 0 Å². The lowest BCUT2D eigenvalue weighted by molar-refractivity contribution is -0.117. The zero-order valence-electron chi connectivity index (χ0n) is 16.1. The van der Waals surface area contributed by atoms with E-state index in [0.717, 1.165) is 24.9 Å². The molecule has 0 bridgehead atoms. The first-order valence-electron chi connectivity index (χ1n) is 9.24. The number of carbonyl (C=O) groups excluding carboxylic acids is 2. The van der Waals surface area contributed by atoms with E-state index in [-0.39, 0.29) is 5.91 Å². The quantitative estimate of drug-likeness (QED) is 0.759. The smallest absolute Gasteiger partial charge is 0.337 e. The number of hydrogen-bond acceptors (Lipinski definition) is 4. The van der Waals surface area contributed by atoms with E-state index in [1.807, 2.05) is 13.0 Å². The molecule has 1 fully saturated rings. The number of esters is 1. The van der Waals surface area contributed by atoms with Crippen molar-refractivity contribution in [3.63, 3.8) is 0 Å². The molecule has 2 aromatic rings. The average Bonchev–Trinajstić information content (AvgIpc) is 3.49. The highest BCUT2D eigenvalue weighted by Crippen LogP contribution is 2.28. The number of nitrogens with zero attached hydrogens (tertiary/aromatic N) is 1. The molecule has 142 valence electrons. The number of rotatable bonds is 7. The third-order valence-corrected chi connectivity index (χ3v) is 4.85. The lowest BCUT2D eigenvalue weighted by Crippen LogP contribution is -2.34. The summed E-state index contributed by atoms with van der Waals surface area (Å²) in [5.41, 5.74) is 4.43. The summed E-state index contributed by atoms with van der Waals surface area (Å²) in [6.45, 7) is 5.07. The number of ether oxygens (including phenoxy) is 1. The van der Waals surface area contributed by atoms with Crippen LogP contribution in [0.1, 0.15) is 39.9 Å². The monoisotopic (exact) mass is 366 g/mol. The van der Waals surface area contributed by atoms with Crippen LogP contribution in [0, 0.1) is 13.8 Å². The van der Waals surface area contributed by atoms with Gasteiger partial charge in [0, 0.05) is 18.3 Å². The summed E-state index contributed by atoms with van der Waals surface area (Å²) >= 11 is 0. The van der Waals surface area contributed by atoms with E-state index >= 15 is 0 Å². The predicted molar refractivity (Wildman–Crippen MR) is 106 cm³/mol. The summed E-state index contributed by atoms with van der Waals surface area (Å²) in [5.74, 6) is -0.483. The van der Waals surface area contributed by atoms with Crippen molar-refractivity contribution in [2.24, 2.45) is 0 Å². The van der Waals surface area contributed by atoms with Crippen LogP contribution in [0.25, 0.3) is 0 Å². The highest BCUT2D eigenvalue weighted by atomic mass is 16.5. The Morgan fingerprint density at radius 1 is 1.11 bits per heavy atom. The zero-order chi connectivity index (χ0) is 19.4. The second kappa shape index (κ2) is 8.35. The first-order chi connectivity index (χ1) is 13.0. The molecule has 0 heterocycles. The van der Waals surface area contributed by atoms with Gasteiger partial charge in [-0.15, -0.1) is 0 Å². The molecule has 27 heavy (non-hydrogen) atoms. The fourth-order valence-electron chi connectivity index (χ4n) is 3.06. The Morgan fingerprint density at radius 3 is 2.44 bits per heavy atom. The number of carbonyl (C=O) groups is 2. The topological polar surface area (TPSA) is 58.6 Å². The Labute approximate surface area is 160 Å². The van der Waals surface area contributed by atoms with Gasteiger partial charge in [-0.05, 0) is 49.9 Å². The summed E-state index contributed by atoms with van der Waals surface area (Å²) in [6.07, 6.45) is 2.27. The van der Waals surface area contributed by atoms with E-state index in [1.54, 1.807) is 12.1 Å². The largest absolute Gasteiger partial charge is 0.465 e. The molecule has 5 nitrogen and oxygen atoms in total. The number of hydrogen-bond donors (Lipinski definition) is 1. The van der Waals surface area contributed by atoms with Crippen molar-refractivity contribution < 1.29 is 14.3 Å². The van der Waals surface area contributed by atoms with Crippen LogP contribution in [0.15, 0.2) is 42.5 Å². The van der Waals surface area contributed by atoms with Gasteiger partial charge in [0.25, 0.3) is 0 Å². The zero-order valence-corrected chi connectivity index (χ0v) is 16.1. The second-order valence-corrected chi connectivity index (χ2v) is 7.19. The molecule has 1 aliphatic carbocycles. The first kappa shape index (κ1) is 19.1. The number of nitrogens with one attached hydrogen (secondary N) is 1. The minimum Gasteiger partial charge on any atom is -0.465 e. The SMILES string of the molecule is COC(=O)c1ccc(C)c(NC(=O)CN(Cc2ccc(C)cc2)C2CC2)c1. The standard InChI is InChI=1S/C22H26N2O3/c1-15-4-7-17(8-5-15)13-24(19-10-11-19)14-21(25)23-20-12-18(22(26)27-3)9-6-16(20)2/h4-9,12,19H,10-11,13-14H2,1-3H3,(H,23,25). The van der Waals surface area contributed by atoms with Crippen LogP contribution in [0.4, 0.5) is 5.69 Å². The van der Waals surface area contributed by atoms with Gasteiger partial charge in [-0.25, -0.2) is 4.79 Å². The van der Waals surface area contributed by atoms with E-state index in [2.05, 4.69) is 41.4 Å². The maximum atomic E-state index is 12.6. The van der Waals surface area contributed by atoms with Crippen LogP contribution in [0.3, 0.4) is 0 Å². The molecule has 0 aliphatic heterocycles. The fraction of sp³-hybridized carbons (Fsp3) is 0.364. The number of aryl methyl sites for hydroxylation is 2. The Balaban J connectivity index is 1.66. The van der Waals surface area contributed by atoms with Crippen molar-refractivity contribution in [1.82, 2.24) is 4.90 Å². The molecule has 0 unspecified atom stereocenters. The van der Waals surface area contributed by atoms with E-state index in [4.69, 9.17) is 4.74 Å². The van der Waals surface area contributed by atoms with E-state index in [9.17, 15) is 9.59 Å². The first-order valence-corrected chi connectivity index (χ1v) is 9.24. The number of methoxy groups -OCH3 is 1. The van der Waals surface area contributed by atoms with Crippen LogP contribution < -0.4 is 5.32 Å². The summed E-state index contributed by atoms with van der Waals surface area (Å²) < 4.78 is 4.76. The second-order valence-electron chi connectivity index (χ2n) is 7.19. The van der Waals surface area contributed by atoms with Gasteiger partial charge in [-0.3, -0.25) is 9.69 Å². The Hall–Kier alpha value is -2.66. The van der Waals surface area contributed by atoms with Crippen LogP contribution in [-0.4, -0.2) is 36.5 Å². The van der Waals surface area contributed by atoms with Gasteiger partial charge >= 0.3 is 5.97 Å². The Morgan fingerprint density at radius 2 is 1.81 bits per heavy atom. The molecule has 1 N–H and O–H groups in total. The molecule has 0 aromatic heterocycles. The molecular weight excluding hydrogens is 340 g/mol. The third-order valence-electron chi connectivity index (χ3n) is 4.85. The van der Waals surface area contributed by atoms with Gasteiger partial charge in [0.05, 0.1) is 19.2 Å². The lowest BCUT2D eigenvalue weighted by atomic mass is 10.1. The van der Waals surface area contributed by atoms with Crippen LogP contribution in [-0.2, 0) is 16.1 Å². The number of amides is 1. The Bertz CT molecular complexity index is 826. The molecule has 0 atom stereocenters. The molecular formula is C22H26N2O3. The van der Waals surface area contributed by atoms with E-state index < -0.39 is 5.97 Å². The molecule has 5 heteroatoms. The van der Waals surface area contributed by atoms with Gasteiger partial charge in [0.15, 0.2) is 0 Å². The van der Waals surface area contributed by atoms with Crippen LogP contribution in [0.5, 0.6) is 0 Å². The molecule has 0 radical (unpaired) electrons. The van der Waals surface area contributed by atoms with Gasteiger partial charge in [0.1, 0.15) is 0 Å². The molecule has 3 rings (SSSR count). The van der Waals surface area contributed by atoms with Gasteiger partial charge < -0.3 is 10.1 Å². The highest BCUT2D eigenvalue weighted by molar-refractivity contribution is 5.96. The van der Waals surface area contributed by atoms with Gasteiger partial charge in [-0.1, -0.05) is 35.9 Å². The third kappa shape index (κ3) is 5.17. The minimum atomic E-state index is -0.413. The molecule has 0 saturated heterocycles. The van der Waals surface area contributed by atoms with Gasteiger partial charge in [-0.2, -0.15) is 0 Å². The van der Waals surface area contributed by atoms with E-state index in [1.165, 1.54) is 18.2 Å². The molecule has 1 amide bonds. The normalized spacial score (nSPS) is 13.5. The maximum absolute atomic E-state index is 12.6. The lowest BCUT2D eigenvalue weighted by Gasteiger charge is -2.22. The van der Waals surface area contributed by atoms with Crippen molar-refractivity contribution in [3.8, 4) is 0 Å². The fourth-order valence-corrected chi connectivity index (χ4v) is 3.06. The van der Waals surface area contributed by atoms with Crippen molar-refractivity contribution in [2.45, 2.75) is 39.3 Å². The number of anilines is 1. The van der Waals surface area contributed by atoms with Crippen molar-refractivity contribution >= 4 is 17.6 Å². The highest BCUT2D eigenvalue weighted by Gasteiger charge is 2.30. The molecule has 1 aliphatic rings. The van der Waals surface area contributed by atoms with E-state index in [0.29, 0.717) is 23.8 Å². The van der Waals surface area contributed by atoms with Gasteiger partial charge in [0.2, 0.25) is 5.91 Å². The molecule has 0 spiro atoms. The van der Waals surface area contributed by atoms with Crippen LogP contribution >= 0.6 is 0 Å². The predicted octanol–water partition coefficient (Wildman–Crippen LogP) is 3.69. The average molecular weight is 366 g/mol. The van der Waals surface area contributed by atoms with Crippen molar-refractivity contribution in [3.05, 3.63) is 64.7 Å².